The number of hydrogen-bond acceptors (Lipinski definition) is 5. The Morgan fingerprint density at radius 3 is 2.10 bits per heavy atom. The van der Waals surface area contributed by atoms with Gasteiger partial charge in [0.25, 0.3) is 0 Å². The molecule has 6 nitrogen and oxygen atoms in total. The van der Waals surface area contributed by atoms with Crippen molar-refractivity contribution in [3.8, 4) is 0 Å². The highest BCUT2D eigenvalue weighted by molar-refractivity contribution is 7.89. The van der Waals surface area contributed by atoms with E-state index in [0.717, 1.165) is 0 Å². The van der Waals surface area contributed by atoms with Gasteiger partial charge in [-0.15, -0.1) is 0 Å². The monoisotopic (exact) mass is 301 g/mol. The van der Waals surface area contributed by atoms with Crippen LogP contribution in [0.2, 0.25) is 0 Å². The average Bonchev–Trinajstić information content (AvgIpc) is 2.65. The lowest BCUT2D eigenvalue weighted by Crippen LogP contribution is -2.75. The minimum Gasteiger partial charge on any atom is -0.360 e. The second-order valence-corrected chi connectivity index (χ2v) is 8.48. The molecule has 1 aliphatic carbocycles. The van der Waals surface area contributed by atoms with Crippen molar-refractivity contribution >= 4 is 10.0 Å². The quantitative estimate of drug-likeness (QED) is 0.877. The molecule has 7 heteroatoms. The van der Waals surface area contributed by atoms with Crippen molar-refractivity contribution in [2.45, 2.75) is 58.5 Å². The highest BCUT2D eigenvalue weighted by Gasteiger charge is 2.61. The fourth-order valence-electron chi connectivity index (χ4n) is 3.56. The third-order valence-electron chi connectivity index (χ3n) is 4.60. The van der Waals surface area contributed by atoms with Gasteiger partial charge in [0.2, 0.25) is 10.0 Å². The van der Waals surface area contributed by atoms with E-state index in [9.17, 15) is 8.42 Å². The number of aromatic nitrogens is 1. The van der Waals surface area contributed by atoms with Crippen molar-refractivity contribution in [3.63, 3.8) is 0 Å². The Morgan fingerprint density at radius 2 is 1.70 bits per heavy atom. The molecule has 1 fully saturated rings. The van der Waals surface area contributed by atoms with Gasteiger partial charge >= 0.3 is 0 Å². The third-order valence-corrected chi connectivity index (χ3v) is 6.27. The molecule has 3 N–H and O–H groups in total. The highest BCUT2D eigenvalue weighted by atomic mass is 32.2. The molecule has 1 saturated carbocycles. The first-order chi connectivity index (χ1) is 8.92. The summed E-state index contributed by atoms with van der Waals surface area (Å²) < 4.78 is 32.9. The van der Waals surface area contributed by atoms with Crippen LogP contribution >= 0.6 is 0 Å². The van der Waals surface area contributed by atoms with Crippen LogP contribution in [-0.4, -0.2) is 25.7 Å². The Labute approximate surface area is 120 Å². The van der Waals surface area contributed by atoms with E-state index < -0.39 is 10.0 Å². The summed E-state index contributed by atoms with van der Waals surface area (Å²) in [5.41, 5.74) is 5.93. The van der Waals surface area contributed by atoms with E-state index in [4.69, 9.17) is 10.3 Å². The predicted octanol–water partition coefficient (Wildman–Crippen LogP) is 1.33. The summed E-state index contributed by atoms with van der Waals surface area (Å²) in [7, 11) is -3.67. The van der Waals surface area contributed by atoms with E-state index in [0.29, 0.717) is 11.5 Å². The van der Waals surface area contributed by atoms with Gasteiger partial charge in [0.1, 0.15) is 10.6 Å². The number of nitrogens with two attached hydrogens (primary N) is 1. The molecular formula is C13H23N3O3S. The van der Waals surface area contributed by atoms with Gasteiger partial charge in [-0.05, 0) is 24.7 Å². The summed E-state index contributed by atoms with van der Waals surface area (Å²) in [5.74, 6) is 0.300. The maximum absolute atomic E-state index is 12.6. The van der Waals surface area contributed by atoms with E-state index in [1.807, 2.05) is 27.7 Å². The maximum Gasteiger partial charge on any atom is 0.246 e. The van der Waals surface area contributed by atoms with Gasteiger partial charge in [-0.1, -0.05) is 32.9 Å². The second-order valence-electron chi connectivity index (χ2n) is 6.83. The molecule has 0 aliphatic heterocycles. The van der Waals surface area contributed by atoms with Crippen LogP contribution in [-0.2, 0) is 10.0 Å². The molecule has 114 valence electrons. The lowest BCUT2D eigenvalue weighted by Gasteiger charge is -2.62. The third kappa shape index (κ3) is 1.99. The topological polar surface area (TPSA) is 98.2 Å². The zero-order valence-corrected chi connectivity index (χ0v) is 13.6. The van der Waals surface area contributed by atoms with Gasteiger partial charge in [0, 0.05) is 12.1 Å². The van der Waals surface area contributed by atoms with Crippen LogP contribution in [0.5, 0.6) is 0 Å². The number of hydrogen-bond donors (Lipinski definition) is 2. The molecule has 0 amide bonds. The summed E-state index contributed by atoms with van der Waals surface area (Å²) in [6.07, 6.45) is 0. The predicted molar refractivity (Wildman–Crippen MR) is 75.6 cm³/mol. The number of sulfonamides is 1. The van der Waals surface area contributed by atoms with Crippen LogP contribution in [0, 0.1) is 24.7 Å². The van der Waals surface area contributed by atoms with E-state index in [1.54, 1.807) is 13.8 Å². The molecule has 0 radical (unpaired) electrons. The molecule has 0 aromatic carbocycles. The standard InChI is InChI=1S/C13H23N3O3S/c1-7-9(8(2)19-15-7)20(17,18)16-11-12(3,4)10(14)13(11,5)6/h10-11,16H,14H2,1-6H3. The van der Waals surface area contributed by atoms with Crippen LogP contribution in [0.1, 0.15) is 39.1 Å². The minimum atomic E-state index is -3.67. The van der Waals surface area contributed by atoms with E-state index >= 15 is 0 Å². The van der Waals surface area contributed by atoms with Crippen LogP contribution in [0.25, 0.3) is 0 Å². The Bertz CT molecular complexity index is 596. The molecule has 1 heterocycles. The molecule has 0 saturated heterocycles. The molecule has 20 heavy (non-hydrogen) atoms. The second kappa shape index (κ2) is 4.29. The van der Waals surface area contributed by atoms with Crippen LogP contribution in [0.4, 0.5) is 0 Å². The number of aryl methyl sites for hydroxylation is 2. The summed E-state index contributed by atoms with van der Waals surface area (Å²) in [6, 6.07) is -0.295. The fraction of sp³-hybridized carbons (Fsp3) is 0.769. The van der Waals surface area contributed by atoms with Crippen molar-refractivity contribution in [1.82, 2.24) is 9.88 Å². The lowest BCUT2D eigenvalue weighted by molar-refractivity contribution is -0.0593. The van der Waals surface area contributed by atoms with Crippen LogP contribution < -0.4 is 10.5 Å². The first-order valence-corrected chi connectivity index (χ1v) is 8.11. The van der Waals surface area contributed by atoms with Crippen molar-refractivity contribution < 1.29 is 12.9 Å². The van der Waals surface area contributed by atoms with Crippen molar-refractivity contribution in [2.75, 3.05) is 0 Å². The van der Waals surface area contributed by atoms with Gasteiger partial charge in [-0.2, -0.15) is 0 Å². The Balaban J connectivity index is 2.35. The average molecular weight is 301 g/mol. The minimum absolute atomic E-state index is 0.0626. The van der Waals surface area contributed by atoms with Gasteiger partial charge < -0.3 is 10.3 Å². The van der Waals surface area contributed by atoms with Crippen LogP contribution in [0.3, 0.4) is 0 Å². The Hall–Kier alpha value is -0.920. The summed E-state index contributed by atoms with van der Waals surface area (Å²) in [4.78, 5) is 0.129. The van der Waals surface area contributed by atoms with E-state index in [2.05, 4.69) is 9.88 Å². The van der Waals surface area contributed by atoms with Crippen molar-refractivity contribution in [1.29, 1.82) is 0 Å². The number of rotatable bonds is 3. The number of nitrogens with zero attached hydrogens (tertiary/aromatic N) is 1. The highest BCUT2D eigenvalue weighted by Crippen LogP contribution is 2.53. The summed E-state index contributed by atoms with van der Waals surface area (Å²) in [6.45, 7) is 11.1. The molecule has 1 aliphatic rings. The first-order valence-electron chi connectivity index (χ1n) is 6.63. The fourth-order valence-corrected chi connectivity index (χ4v) is 5.43. The van der Waals surface area contributed by atoms with E-state index in [-0.39, 0.29) is 27.8 Å². The lowest BCUT2D eigenvalue weighted by atomic mass is 9.49. The van der Waals surface area contributed by atoms with Gasteiger partial charge in [0.05, 0.1) is 0 Å². The molecule has 1 aromatic heterocycles. The molecule has 0 unspecified atom stereocenters. The first kappa shape index (κ1) is 15.5. The molecule has 1 aromatic rings. The SMILES string of the molecule is Cc1noc(C)c1S(=O)(=O)NC1C(C)(C)C(N)C1(C)C. The summed E-state index contributed by atoms with van der Waals surface area (Å²) >= 11 is 0. The van der Waals surface area contributed by atoms with Gasteiger partial charge in [0.15, 0.2) is 5.76 Å². The Kier molecular flexibility index (Phi) is 3.31. The van der Waals surface area contributed by atoms with Gasteiger partial charge in [-0.3, -0.25) is 0 Å². The van der Waals surface area contributed by atoms with Gasteiger partial charge in [-0.25, -0.2) is 13.1 Å². The summed E-state index contributed by atoms with van der Waals surface area (Å²) in [5, 5.41) is 3.70. The number of nitrogens with one attached hydrogen (secondary N) is 1. The van der Waals surface area contributed by atoms with Crippen LogP contribution in [0.15, 0.2) is 9.42 Å². The zero-order valence-electron chi connectivity index (χ0n) is 12.8. The molecule has 2 rings (SSSR count). The molecule has 0 atom stereocenters. The normalized spacial score (nSPS) is 28.1. The Morgan fingerprint density at radius 1 is 1.20 bits per heavy atom. The van der Waals surface area contributed by atoms with Crippen molar-refractivity contribution in [2.24, 2.45) is 16.6 Å². The maximum atomic E-state index is 12.6. The zero-order chi connectivity index (χ0) is 15.5. The van der Waals surface area contributed by atoms with E-state index in [1.165, 1.54) is 0 Å². The molecule has 0 bridgehead atoms. The smallest absolute Gasteiger partial charge is 0.246 e. The molecular weight excluding hydrogens is 278 g/mol. The largest absolute Gasteiger partial charge is 0.360 e. The van der Waals surface area contributed by atoms with Crippen molar-refractivity contribution in [3.05, 3.63) is 11.5 Å². The molecule has 0 spiro atoms.